The van der Waals surface area contributed by atoms with Gasteiger partial charge in [0, 0.05) is 6.08 Å². The summed E-state index contributed by atoms with van der Waals surface area (Å²) in [7, 11) is 0. The number of aliphatic hydroxyl groups excluding tert-OH is 4. The standard InChI is InChI=1S/C20H28O2.C6H13NO5/c1-15(8-6-9-16(2)14-19(21)22)11-12-18-17(3)10-7-13-20(18,4)5;7-3-5(10)4(9)2(1-8)12-6(3)11/h6,8-9,11-12,14H,7,10,13H2,1-5H3,(H,21,22);2-6,8-11H,1,7H2/b9-6+,12-11+,15-8+,16-14+;/t;2-,3-,4-,5-,6-/m.1/s1. The molecule has 1 aliphatic heterocycles. The van der Waals surface area contributed by atoms with Crippen LogP contribution in [0, 0.1) is 5.41 Å². The number of nitrogens with two attached hydrogens (primary N) is 1. The van der Waals surface area contributed by atoms with Crippen molar-refractivity contribution in [1.29, 1.82) is 0 Å². The molecule has 0 radical (unpaired) electrons. The molecule has 192 valence electrons. The van der Waals surface area contributed by atoms with Gasteiger partial charge in [-0.2, -0.15) is 0 Å². The number of hydrogen-bond acceptors (Lipinski definition) is 7. The minimum atomic E-state index is -1.35. The maximum Gasteiger partial charge on any atom is 0.328 e. The zero-order chi connectivity index (χ0) is 26.1. The predicted molar refractivity (Wildman–Crippen MR) is 132 cm³/mol. The van der Waals surface area contributed by atoms with Crippen molar-refractivity contribution in [1.82, 2.24) is 0 Å². The van der Waals surface area contributed by atoms with E-state index in [0.29, 0.717) is 0 Å². The molecule has 1 aliphatic carbocycles. The molecule has 8 nitrogen and oxygen atoms in total. The summed E-state index contributed by atoms with van der Waals surface area (Å²) in [5.41, 5.74) is 10.4. The van der Waals surface area contributed by atoms with E-state index in [1.165, 1.54) is 36.5 Å². The highest BCUT2D eigenvalue weighted by Crippen LogP contribution is 2.40. The van der Waals surface area contributed by atoms with E-state index in [4.69, 9.17) is 25.8 Å². The molecule has 1 saturated heterocycles. The molecule has 0 aromatic carbocycles. The lowest BCUT2D eigenvalue weighted by molar-refractivity contribution is -0.248. The summed E-state index contributed by atoms with van der Waals surface area (Å²) in [5, 5.41) is 44.7. The third kappa shape index (κ3) is 9.29. The number of rotatable bonds is 6. The molecular weight excluding hydrogens is 438 g/mol. The molecule has 1 fully saturated rings. The van der Waals surface area contributed by atoms with E-state index < -0.39 is 43.2 Å². The molecule has 1 heterocycles. The van der Waals surface area contributed by atoms with Crippen LogP contribution < -0.4 is 5.73 Å². The predicted octanol–water partition coefficient (Wildman–Crippen LogP) is 2.35. The van der Waals surface area contributed by atoms with Gasteiger partial charge in [0.1, 0.15) is 18.3 Å². The minimum absolute atomic E-state index is 0.260. The Bertz CT molecular complexity index is 833. The van der Waals surface area contributed by atoms with Crippen LogP contribution in [0.25, 0.3) is 0 Å². The lowest BCUT2D eigenvalue weighted by atomic mass is 9.72. The Kier molecular flexibility index (Phi) is 12.1. The van der Waals surface area contributed by atoms with Crippen molar-refractivity contribution in [2.24, 2.45) is 11.1 Å². The summed E-state index contributed by atoms with van der Waals surface area (Å²) in [6.45, 7) is 10.2. The Labute approximate surface area is 202 Å². The van der Waals surface area contributed by atoms with Crippen LogP contribution in [0.1, 0.15) is 53.9 Å². The fraction of sp³-hybridized carbons (Fsp3) is 0.577. The van der Waals surface area contributed by atoms with Crippen molar-refractivity contribution in [2.75, 3.05) is 6.61 Å². The van der Waals surface area contributed by atoms with Gasteiger partial charge in [-0.05, 0) is 56.6 Å². The second-order valence-electron chi connectivity index (χ2n) is 9.57. The molecule has 7 N–H and O–H groups in total. The monoisotopic (exact) mass is 479 g/mol. The highest BCUT2D eigenvalue weighted by molar-refractivity contribution is 5.81. The van der Waals surface area contributed by atoms with Crippen LogP contribution in [0.4, 0.5) is 0 Å². The van der Waals surface area contributed by atoms with Gasteiger partial charge in [0.25, 0.3) is 0 Å². The largest absolute Gasteiger partial charge is 0.478 e. The quantitative estimate of drug-likeness (QED) is 0.251. The lowest BCUT2D eigenvalue weighted by Gasteiger charge is -2.38. The van der Waals surface area contributed by atoms with Gasteiger partial charge in [-0.1, -0.05) is 55.4 Å². The normalized spacial score (nSPS) is 30.5. The van der Waals surface area contributed by atoms with Gasteiger partial charge in [-0.15, -0.1) is 0 Å². The fourth-order valence-corrected chi connectivity index (χ4v) is 3.99. The molecule has 0 aromatic heterocycles. The first kappa shape index (κ1) is 30.0. The van der Waals surface area contributed by atoms with Crippen molar-refractivity contribution < 1.29 is 35.1 Å². The molecule has 0 bridgehead atoms. The fourth-order valence-electron chi connectivity index (χ4n) is 3.99. The van der Waals surface area contributed by atoms with Gasteiger partial charge >= 0.3 is 5.97 Å². The first-order chi connectivity index (χ1) is 15.8. The maximum absolute atomic E-state index is 10.5. The molecule has 2 rings (SSSR count). The van der Waals surface area contributed by atoms with Crippen molar-refractivity contribution in [3.63, 3.8) is 0 Å². The number of ether oxygens (including phenoxy) is 1. The number of carboxylic acids is 1. The topological polar surface area (TPSA) is 153 Å². The van der Waals surface area contributed by atoms with Crippen molar-refractivity contribution >= 4 is 5.97 Å². The van der Waals surface area contributed by atoms with E-state index in [9.17, 15) is 15.0 Å². The smallest absolute Gasteiger partial charge is 0.328 e. The Hall–Kier alpha value is -2.07. The molecular formula is C26H41NO7. The van der Waals surface area contributed by atoms with Crippen LogP contribution in [0.15, 0.2) is 58.7 Å². The number of carbonyl (C=O) groups is 1. The Balaban J connectivity index is 0.000000404. The Morgan fingerprint density at radius 2 is 1.79 bits per heavy atom. The summed E-state index contributed by atoms with van der Waals surface area (Å²) in [6, 6.07) is -1.04. The Morgan fingerprint density at radius 3 is 2.35 bits per heavy atom. The van der Waals surface area contributed by atoms with Gasteiger partial charge in [0.2, 0.25) is 0 Å². The molecule has 5 atom stereocenters. The third-order valence-corrected chi connectivity index (χ3v) is 6.07. The minimum Gasteiger partial charge on any atom is -0.478 e. The van der Waals surface area contributed by atoms with Crippen LogP contribution in [0.2, 0.25) is 0 Å². The molecule has 0 unspecified atom stereocenters. The van der Waals surface area contributed by atoms with Gasteiger partial charge in [0.15, 0.2) is 6.29 Å². The highest BCUT2D eigenvalue weighted by atomic mass is 16.6. The highest BCUT2D eigenvalue weighted by Gasteiger charge is 2.41. The molecule has 2 aliphatic rings. The number of aliphatic carboxylic acids is 1. The van der Waals surface area contributed by atoms with Crippen LogP contribution in [-0.4, -0.2) is 68.8 Å². The summed E-state index contributed by atoms with van der Waals surface area (Å²) in [4.78, 5) is 10.5. The van der Waals surface area contributed by atoms with Crippen molar-refractivity contribution in [3.8, 4) is 0 Å². The first-order valence-corrected chi connectivity index (χ1v) is 11.5. The number of carboxylic acid groups (broad SMARTS) is 1. The van der Waals surface area contributed by atoms with Crippen LogP contribution in [-0.2, 0) is 9.53 Å². The molecule has 0 aromatic rings. The van der Waals surface area contributed by atoms with Gasteiger partial charge in [-0.25, -0.2) is 4.79 Å². The summed E-state index contributed by atoms with van der Waals surface area (Å²) in [6.07, 6.45) is 10.2. The number of aliphatic hydroxyl groups is 4. The van der Waals surface area contributed by atoms with Gasteiger partial charge in [-0.3, -0.25) is 0 Å². The van der Waals surface area contributed by atoms with Crippen molar-refractivity contribution in [3.05, 3.63) is 58.7 Å². The van der Waals surface area contributed by atoms with Crippen molar-refractivity contribution in [2.45, 2.75) is 84.5 Å². The van der Waals surface area contributed by atoms with E-state index in [1.54, 1.807) is 13.0 Å². The molecule has 34 heavy (non-hydrogen) atoms. The zero-order valence-corrected chi connectivity index (χ0v) is 20.8. The van der Waals surface area contributed by atoms with Gasteiger partial charge < -0.3 is 36.0 Å². The second-order valence-corrected chi connectivity index (χ2v) is 9.57. The van der Waals surface area contributed by atoms with E-state index in [0.717, 1.165) is 11.1 Å². The van der Waals surface area contributed by atoms with E-state index in [1.807, 2.05) is 12.2 Å². The van der Waals surface area contributed by atoms with Gasteiger partial charge in [0.05, 0.1) is 12.6 Å². The number of hydrogen-bond donors (Lipinski definition) is 6. The van der Waals surface area contributed by atoms with E-state index in [2.05, 4.69) is 39.8 Å². The maximum atomic E-state index is 10.5. The number of allylic oxidation sites excluding steroid dienone is 9. The average Bonchev–Trinajstić information content (AvgIpc) is 2.74. The lowest BCUT2D eigenvalue weighted by Crippen LogP contribution is -2.61. The molecule has 8 heteroatoms. The second kappa shape index (κ2) is 13.7. The van der Waals surface area contributed by atoms with Crippen LogP contribution >= 0.6 is 0 Å². The van der Waals surface area contributed by atoms with E-state index >= 15 is 0 Å². The van der Waals surface area contributed by atoms with E-state index in [-0.39, 0.29) is 5.41 Å². The molecule has 0 spiro atoms. The van der Waals surface area contributed by atoms with Crippen LogP contribution in [0.3, 0.4) is 0 Å². The third-order valence-electron chi connectivity index (χ3n) is 6.07. The zero-order valence-electron chi connectivity index (χ0n) is 20.8. The van der Waals surface area contributed by atoms with Crippen LogP contribution in [0.5, 0.6) is 0 Å². The molecule has 0 saturated carbocycles. The Morgan fingerprint density at radius 1 is 1.15 bits per heavy atom. The molecule has 0 amide bonds. The summed E-state index contributed by atoms with van der Waals surface area (Å²) in [5.74, 6) is -0.912. The summed E-state index contributed by atoms with van der Waals surface area (Å²) < 4.78 is 4.70. The average molecular weight is 480 g/mol. The first-order valence-electron chi connectivity index (χ1n) is 11.5. The summed E-state index contributed by atoms with van der Waals surface area (Å²) >= 11 is 0. The SMILES string of the molecule is CC1=C(/C=C/C(C)=C/C=C/C(C)=C/C(=O)O)C(C)(C)CCC1.N[C@@H]1[C@@H](O)[C@H](O)[C@@H](CO)O[C@H]1O.